The van der Waals surface area contributed by atoms with Crippen molar-refractivity contribution in [3.63, 3.8) is 0 Å². The maximum atomic E-state index is 6.30. The van der Waals surface area contributed by atoms with Crippen LogP contribution < -0.4 is 24.0 Å². The van der Waals surface area contributed by atoms with Gasteiger partial charge in [-0.15, -0.1) is 0 Å². The van der Waals surface area contributed by atoms with Crippen LogP contribution in [-0.2, 0) is 0 Å². The predicted octanol–water partition coefficient (Wildman–Crippen LogP) is 11.1. The first kappa shape index (κ1) is 29.4. The Morgan fingerprint density at radius 3 is 0.956 bits per heavy atom. The zero-order valence-corrected chi connectivity index (χ0v) is 26.0. The lowest BCUT2D eigenvalue weighted by Crippen LogP contribution is -2.10. The fourth-order valence-electron chi connectivity index (χ4n) is 5.35. The van der Waals surface area contributed by atoms with Crippen molar-refractivity contribution in [2.45, 2.75) is 13.8 Å². The Bertz CT molecular complexity index is 1710. The van der Waals surface area contributed by atoms with Crippen LogP contribution in [0.5, 0.6) is 23.0 Å². The fourth-order valence-corrected chi connectivity index (χ4v) is 5.35. The molecule has 45 heavy (non-hydrogen) atoms. The number of hydrogen-bond donors (Lipinski definition) is 0. The number of methoxy groups -OCH3 is 2. The highest BCUT2D eigenvalue weighted by Crippen LogP contribution is 2.39. The Morgan fingerprint density at radius 1 is 0.356 bits per heavy atom. The number of benzene rings is 6. The molecule has 0 spiro atoms. The van der Waals surface area contributed by atoms with Crippen LogP contribution in [0.1, 0.15) is 11.1 Å². The number of anilines is 6. The van der Waals surface area contributed by atoms with Gasteiger partial charge in [0, 0.05) is 34.1 Å². The minimum absolute atomic E-state index is 0.760. The first-order chi connectivity index (χ1) is 22.0. The molecule has 5 nitrogen and oxygen atoms in total. The van der Waals surface area contributed by atoms with Crippen molar-refractivity contribution in [1.29, 1.82) is 0 Å². The second-order valence-electron chi connectivity index (χ2n) is 10.8. The highest BCUT2D eigenvalue weighted by molar-refractivity contribution is 5.78. The third kappa shape index (κ3) is 6.78. The Balaban J connectivity index is 1.25. The summed E-state index contributed by atoms with van der Waals surface area (Å²) in [5, 5.41) is 0. The minimum Gasteiger partial charge on any atom is -0.497 e. The number of aryl methyl sites for hydroxylation is 2. The molecule has 5 heteroatoms. The normalized spacial score (nSPS) is 10.7. The molecule has 6 aromatic rings. The van der Waals surface area contributed by atoms with Crippen LogP contribution >= 0.6 is 0 Å². The summed E-state index contributed by atoms with van der Waals surface area (Å²) in [4.78, 5) is 4.45. The van der Waals surface area contributed by atoms with Crippen molar-refractivity contribution < 1.29 is 14.2 Å². The summed E-state index contributed by atoms with van der Waals surface area (Å²) in [5.41, 5.74) is 8.70. The first-order valence-electron chi connectivity index (χ1n) is 14.9. The van der Waals surface area contributed by atoms with E-state index in [0.29, 0.717) is 0 Å². The van der Waals surface area contributed by atoms with Crippen LogP contribution in [0.4, 0.5) is 34.1 Å². The zero-order valence-electron chi connectivity index (χ0n) is 26.0. The van der Waals surface area contributed by atoms with Crippen molar-refractivity contribution >= 4 is 34.1 Å². The average Bonchev–Trinajstić information content (AvgIpc) is 3.07. The van der Waals surface area contributed by atoms with E-state index in [4.69, 9.17) is 14.2 Å². The van der Waals surface area contributed by atoms with E-state index in [1.807, 2.05) is 48.5 Å². The maximum absolute atomic E-state index is 6.30. The lowest BCUT2D eigenvalue weighted by molar-refractivity contribution is 0.414. The molecule has 0 fully saturated rings. The van der Waals surface area contributed by atoms with Gasteiger partial charge in [0.15, 0.2) is 0 Å². The van der Waals surface area contributed by atoms with Gasteiger partial charge >= 0.3 is 0 Å². The number of nitrogens with zero attached hydrogens (tertiary/aromatic N) is 2. The maximum Gasteiger partial charge on any atom is 0.127 e. The quantitative estimate of drug-likeness (QED) is 0.158. The molecular weight excluding hydrogens is 556 g/mol. The van der Waals surface area contributed by atoms with Gasteiger partial charge in [-0.2, -0.15) is 0 Å². The molecule has 224 valence electrons. The van der Waals surface area contributed by atoms with Gasteiger partial charge in [-0.05, 0) is 146 Å². The molecule has 0 aromatic heterocycles. The summed E-state index contributed by atoms with van der Waals surface area (Å²) in [7, 11) is 3.36. The van der Waals surface area contributed by atoms with E-state index >= 15 is 0 Å². The third-order valence-electron chi connectivity index (χ3n) is 7.61. The third-order valence-corrected chi connectivity index (χ3v) is 7.61. The highest BCUT2D eigenvalue weighted by Gasteiger charge is 2.15. The molecule has 0 atom stereocenters. The first-order valence-corrected chi connectivity index (χ1v) is 14.9. The lowest BCUT2D eigenvalue weighted by atomic mass is 10.1. The molecule has 0 N–H and O–H groups in total. The van der Waals surface area contributed by atoms with Crippen LogP contribution in [0.2, 0.25) is 0 Å². The Labute approximate surface area is 265 Å². The topological polar surface area (TPSA) is 34.2 Å². The molecule has 0 aliphatic heterocycles. The van der Waals surface area contributed by atoms with Crippen molar-refractivity contribution in [1.82, 2.24) is 0 Å². The smallest absolute Gasteiger partial charge is 0.127 e. The molecule has 0 saturated heterocycles. The van der Waals surface area contributed by atoms with Crippen molar-refractivity contribution in [2.75, 3.05) is 24.0 Å². The lowest BCUT2D eigenvalue weighted by Gasteiger charge is -2.26. The molecule has 0 unspecified atom stereocenters. The summed E-state index contributed by atoms with van der Waals surface area (Å²) >= 11 is 0. The minimum atomic E-state index is 0.760. The molecule has 6 rings (SSSR count). The number of hydrogen-bond acceptors (Lipinski definition) is 5. The molecule has 0 aliphatic rings. The van der Waals surface area contributed by atoms with Gasteiger partial charge in [0.05, 0.1) is 14.2 Å². The van der Waals surface area contributed by atoms with E-state index in [1.54, 1.807) is 14.2 Å². The highest BCUT2D eigenvalue weighted by atomic mass is 16.5. The van der Waals surface area contributed by atoms with Gasteiger partial charge in [-0.1, -0.05) is 24.3 Å². The molecular formula is C40H36N2O3. The Hall–Kier alpha value is -5.68. The van der Waals surface area contributed by atoms with Gasteiger partial charge in [0.2, 0.25) is 0 Å². The Kier molecular flexibility index (Phi) is 8.70. The van der Waals surface area contributed by atoms with Crippen LogP contribution in [0, 0.1) is 13.8 Å². The second-order valence-corrected chi connectivity index (χ2v) is 10.8. The van der Waals surface area contributed by atoms with Crippen molar-refractivity contribution in [3.8, 4) is 23.0 Å². The summed E-state index contributed by atoms with van der Waals surface area (Å²) < 4.78 is 17.1. The van der Waals surface area contributed by atoms with E-state index in [9.17, 15) is 0 Å². The van der Waals surface area contributed by atoms with E-state index in [-0.39, 0.29) is 0 Å². The van der Waals surface area contributed by atoms with Crippen molar-refractivity contribution in [2.24, 2.45) is 0 Å². The second kappa shape index (κ2) is 13.3. The van der Waals surface area contributed by atoms with Crippen LogP contribution in [0.15, 0.2) is 146 Å². The molecule has 0 heterocycles. The molecule has 0 amide bonds. The average molecular weight is 593 g/mol. The number of rotatable bonds is 10. The molecule has 0 aliphatic carbocycles. The summed E-state index contributed by atoms with van der Waals surface area (Å²) in [6, 6.07) is 49.5. The molecule has 6 aromatic carbocycles. The monoisotopic (exact) mass is 592 g/mol. The predicted molar refractivity (Wildman–Crippen MR) is 185 cm³/mol. The van der Waals surface area contributed by atoms with Gasteiger partial charge in [0.25, 0.3) is 0 Å². The van der Waals surface area contributed by atoms with E-state index in [0.717, 1.165) is 57.1 Å². The van der Waals surface area contributed by atoms with E-state index < -0.39 is 0 Å². The molecule has 0 radical (unpaired) electrons. The van der Waals surface area contributed by atoms with Crippen molar-refractivity contribution in [3.05, 3.63) is 157 Å². The van der Waals surface area contributed by atoms with Gasteiger partial charge in [-0.3, -0.25) is 0 Å². The van der Waals surface area contributed by atoms with Gasteiger partial charge in [-0.25, -0.2) is 0 Å². The van der Waals surface area contributed by atoms with E-state index in [2.05, 4.69) is 121 Å². The standard InChI is InChI=1S/C40H36N2O3/c1-29-7-5-9-35(27-29)41(31-11-19-37(43-3)20-12-31)33-15-23-39(24-16-33)45-40-25-17-34(18-26-40)42(36-10-6-8-30(2)28-36)32-13-21-38(44-4)22-14-32/h5-28H,1-4H3. The number of ether oxygens (including phenoxy) is 3. The van der Waals surface area contributed by atoms with Crippen LogP contribution in [0.3, 0.4) is 0 Å². The largest absolute Gasteiger partial charge is 0.497 e. The molecule has 0 bridgehead atoms. The summed E-state index contributed by atoms with van der Waals surface area (Å²) in [6.07, 6.45) is 0. The summed E-state index contributed by atoms with van der Waals surface area (Å²) in [5.74, 6) is 3.17. The SMILES string of the molecule is COc1ccc(N(c2ccc(Oc3ccc(N(c4ccc(OC)cc4)c4cccc(C)c4)cc3)cc2)c2cccc(C)c2)cc1. The van der Waals surface area contributed by atoms with E-state index in [1.165, 1.54) is 11.1 Å². The zero-order chi connectivity index (χ0) is 31.2. The fraction of sp³-hybridized carbons (Fsp3) is 0.100. The molecule has 0 saturated carbocycles. The van der Waals surface area contributed by atoms with Crippen LogP contribution in [-0.4, -0.2) is 14.2 Å². The van der Waals surface area contributed by atoms with Gasteiger partial charge in [0.1, 0.15) is 23.0 Å². The summed E-state index contributed by atoms with van der Waals surface area (Å²) in [6.45, 7) is 4.21. The van der Waals surface area contributed by atoms with Gasteiger partial charge < -0.3 is 24.0 Å². The van der Waals surface area contributed by atoms with Crippen LogP contribution in [0.25, 0.3) is 0 Å². The Morgan fingerprint density at radius 2 is 0.667 bits per heavy atom.